The van der Waals surface area contributed by atoms with Crippen molar-refractivity contribution in [2.45, 2.75) is 19.9 Å². The van der Waals surface area contributed by atoms with Crippen LogP contribution in [0.4, 0.5) is 30.2 Å². The van der Waals surface area contributed by atoms with E-state index in [1.165, 1.54) is 13.8 Å². The summed E-state index contributed by atoms with van der Waals surface area (Å²) < 4.78 is 39.7. The highest BCUT2D eigenvalue weighted by Crippen LogP contribution is 2.20. The van der Waals surface area contributed by atoms with E-state index in [-0.39, 0.29) is 5.91 Å². The number of rotatable bonds is 5. The fourth-order valence-electron chi connectivity index (χ4n) is 2.07. The van der Waals surface area contributed by atoms with Crippen LogP contribution in [0.3, 0.4) is 0 Å². The van der Waals surface area contributed by atoms with Crippen molar-refractivity contribution in [3.63, 3.8) is 0 Å². The first-order valence-corrected chi connectivity index (χ1v) is 7.36. The van der Waals surface area contributed by atoms with Gasteiger partial charge in [0.05, 0.1) is 5.69 Å². The average molecular weight is 351 g/mol. The number of nitrogens with one attached hydrogen (secondary N) is 3. The zero-order chi connectivity index (χ0) is 18.6. The zero-order valence-electron chi connectivity index (χ0n) is 13.5. The molecule has 2 aromatic rings. The Bertz CT molecular complexity index is 812. The van der Waals surface area contributed by atoms with Crippen molar-refractivity contribution < 1.29 is 22.8 Å². The van der Waals surface area contributed by atoms with Crippen LogP contribution in [-0.2, 0) is 9.59 Å². The number of hydrogen-bond acceptors (Lipinski definition) is 3. The second-order valence-corrected chi connectivity index (χ2v) is 5.34. The van der Waals surface area contributed by atoms with E-state index in [2.05, 4.69) is 16.0 Å². The Hall–Kier alpha value is -3.03. The number of amides is 2. The Labute approximate surface area is 142 Å². The van der Waals surface area contributed by atoms with Gasteiger partial charge < -0.3 is 16.0 Å². The smallest absolute Gasteiger partial charge is 0.246 e. The van der Waals surface area contributed by atoms with Crippen molar-refractivity contribution in [2.24, 2.45) is 0 Å². The van der Waals surface area contributed by atoms with Crippen molar-refractivity contribution in [1.29, 1.82) is 0 Å². The molecule has 5 nitrogen and oxygen atoms in total. The molecule has 3 N–H and O–H groups in total. The van der Waals surface area contributed by atoms with Gasteiger partial charge in [-0.15, -0.1) is 0 Å². The molecule has 1 atom stereocenters. The van der Waals surface area contributed by atoms with E-state index in [4.69, 9.17) is 0 Å². The van der Waals surface area contributed by atoms with Crippen LogP contribution in [0.5, 0.6) is 0 Å². The number of carbonyl (C=O) groups excluding carboxylic acids is 2. The molecule has 0 bridgehead atoms. The second-order valence-electron chi connectivity index (χ2n) is 5.34. The van der Waals surface area contributed by atoms with Crippen LogP contribution in [0.2, 0.25) is 0 Å². The fraction of sp³-hybridized carbons (Fsp3) is 0.176. The summed E-state index contributed by atoms with van der Waals surface area (Å²) in [5.74, 6) is -5.34. The monoisotopic (exact) mass is 351 g/mol. The summed E-state index contributed by atoms with van der Waals surface area (Å²) >= 11 is 0. The molecule has 2 rings (SSSR count). The Balaban J connectivity index is 2.06. The van der Waals surface area contributed by atoms with Gasteiger partial charge in [0, 0.05) is 18.3 Å². The molecule has 0 saturated heterocycles. The van der Waals surface area contributed by atoms with Crippen LogP contribution in [0.15, 0.2) is 36.4 Å². The molecule has 2 amide bonds. The molecule has 0 heterocycles. The van der Waals surface area contributed by atoms with Crippen molar-refractivity contribution in [2.75, 3.05) is 16.0 Å². The van der Waals surface area contributed by atoms with E-state index in [1.54, 1.807) is 24.3 Å². The molecule has 0 radical (unpaired) electrons. The van der Waals surface area contributed by atoms with Gasteiger partial charge >= 0.3 is 0 Å². The van der Waals surface area contributed by atoms with Gasteiger partial charge in [-0.25, -0.2) is 13.2 Å². The summed E-state index contributed by atoms with van der Waals surface area (Å²) in [5, 5.41) is 7.66. The molecule has 0 aliphatic rings. The maximum Gasteiger partial charge on any atom is 0.246 e. The standard InChI is InChI=1S/C17H16F3N3O2/c1-9(21-11-4-3-5-12(8-11)22-10(2)24)17(25)23-14-7-6-13(18)15(19)16(14)20/h3-9,21H,1-2H3,(H,22,24)(H,23,25)/t9-/m0/s1. The van der Waals surface area contributed by atoms with Crippen molar-refractivity contribution in [1.82, 2.24) is 0 Å². The number of hydrogen-bond donors (Lipinski definition) is 3. The highest BCUT2D eigenvalue weighted by Gasteiger charge is 2.18. The van der Waals surface area contributed by atoms with Gasteiger partial charge in [0.2, 0.25) is 11.8 Å². The number of anilines is 3. The Kier molecular flexibility index (Phi) is 5.63. The van der Waals surface area contributed by atoms with E-state index in [9.17, 15) is 22.8 Å². The van der Waals surface area contributed by atoms with Gasteiger partial charge in [0.25, 0.3) is 0 Å². The molecule has 0 unspecified atom stereocenters. The third-order valence-corrected chi connectivity index (χ3v) is 3.25. The van der Waals surface area contributed by atoms with Crippen LogP contribution < -0.4 is 16.0 Å². The summed E-state index contributed by atoms with van der Waals surface area (Å²) in [5.41, 5.74) is 0.626. The zero-order valence-corrected chi connectivity index (χ0v) is 13.5. The quantitative estimate of drug-likeness (QED) is 0.722. The maximum atomic E-state index is 13.6. The minimum absolute atomic E-state index is 0.239. The van der Waals surface area contributed by atoms with Crippen molar-refractivity contribution in [3.8, 4) is 0 Å². The normalized spacial score (nSPS) is 11.6. The highest BCUT2D eigenvalue weighted by molar-refractivity contribution is 5.96. The first-order valence-electron chi connectivity index (χ1n) is 7.36. The predicted octanol–water partition coefficient (Wildman–Crippen LogP) is 3.50. The molecule has 0 aromatic heterocycles. The largest absolute Gasteiger partial charge is 0.374 e. The van der Waals surface area contributed by atoms with Crippen LogP contribution in [0.25, 0.3) is 0 Å². The summed E-state index contributed by atoms with van der Waals surface area (Å²) in [7, 11) is 0. The summed E-state index contributed by atoms with van der Waals surface area (Å²) in [4.78, 5) is 23.2. The van der Waals surface area contributed by atoms with Crippen LogP contribution in [0, 0.1) is 17.5 Å². The number of benzene rings is 2. The lowest BCUT2D eigenvalue weighted by molar-refractivity contribution is -0.116. The molecule has 0 fully saturated rings. The first-order chi connectivity index (χ1) is 11.8. The molecule has 25 heavy (non-hydrogen) atoms. The highest BCUT2D eigenvalue weighted by atomic mass is 19.2. The molecule has 0 spiro atoms. The Morgan fingerprint density at radius 1 is 0.960 bits per heavy atom. The average Bonchev–Trinajstić information content (AvgIpc) is 2.55. The van der Waals surface area contributed by atoms with E-state index in [1.807, 2.05) is 0 Å². The van der Waals surface area contributed by atoms with Crippen molar-refractivity contribution >= 4 is 28.9 Å². The summed E-state index contributed by atoms with van der Waals surface area (Å²) in [6, 6.07) is 7.50. The molecule has 0 aliphatic heterocycles. The van der Waals surface area contributed by atoms with Gasteiger partial charge in [-0.2, -0.15) is 0 Å². The third-order valence-electron chi connectivity index (χ3n) is 3.25. The topological polar surface area (TPSA) is 70.2 Å². The summed E-state index contributed by atoms with van der Waals surface area (Å²) in [6.07, 6.45) is 0. The predicted molar refractivity (Wildman–Crippen MR) is 88.8 cm³/mol. The third kappa shape index (κ3) is 4.72. The Morgan fingerprint density at radius 3 is 2.32 bits per heavy atom. The van der Waals surface area contributed by atoms with Gasteiger partial charge in [-0.1, -0.05) is 6.07 Å². The van der Waals surface area contributed by atoms with Gasteiger partial charge in [0.1, 0.15) is 6.04 Å². The lowest BCUT2D eigenvalue weighted by atomic mass is 10.2. The number of carbonyl (C=O) groups is 2. The molecular weight excluding hydrogens is 335 g/mol. The SMILES string of the molecule is CC(=O)Nc1cccc(N[C@@H](C)C(=O)Nc2ccc(F)c(F)c2F)c1. The van der Waals surface area contributed by atoms with Crippen molar-refractivity contribution in [3.05, 3.63) is 53.8 Å². The minimum Gasteiger partial charge on any atom is -0.374 e. The molecule has 2 aromatic carbocycles. The minimum atomic E-state index is -1.65. The van der Waals surface area contributed by atoms with Crippen LogP contribution in [0.1, 0.15) is 13.8 Å². The van der Waals surface area contributed by atoms with E-state index in [0.29, 0.717) is 11.4 Å². The van der Waals surface area contributed by atoms with E-state index >= 15 is 0 Å². The van der Waals surface area contributed by atoms with Gasteiger partial charge in [0.15, 0.2) is 17.5 Å². The molecular formula is C17H16F3N3O2. The number of halogens is 3. The second kappa shape index (κ2) is 7.69. The van der Waals surface area contributed by atoms with Gasteiger partial charge in [-0.3, -0.25) is 9.59 Å². The molecule has 0 aliphatic carbocycles. The van der Waals surface area contributed by atoms with E-state index in [0.717, 1.165) is 12.1 Å². The Morgan fingerprint density at radius 2 is 1.64 bits per heavy atom. The lowest BCUT2D eigenvalue weighted by Crippen LogP contribution is -2.32. The van der Waals surface area contributed by atoms with E-state index < -0.39 is 35.1 Å². The van der Waals surface area contributed by atoms with Crippen LogP contribution >= 0.6 is 0 Å². The summed E-state index contributed by atoms with van der Waals surface area (Å²) in [6.45, 7) is 2.88. The first kappa shape index (κ1) is 18.3. The lowest BCUT2D eigenvalue weighted by Gasteiger charge is -2.16. The molecule has 8 heteroatoms. The van der Waals surface area contributed by atoms with Crippen LogP contribution in [-0.4, -0.2) is 17.9 Å². The molecule has 132 valence electrons. The maximum absolute atomic E-state index is 13.6. The fourth-order valence-corrected chi connectivity index (χ4v) is 2.07. The van der Waals surface area contributed by atoms with Gasteiger partial charge in [-0.05, 0) is 37.3 Å². The molecule has 0 saturated carbocycles.